The molecule has 1 fully saturated rings. The molecule has 1 aliphatic heterocycles. The number of nitrogens with one attached hydrogen (secondary N) is 1. The van der Waals surface area contributed by atoms with E-state index in [1.54, 1.807) is 4.90 Å². The molecule has 7 nitrogen and oxygen atoms in total. The van der Waals surface area contributed by atoms with Crippen molar-refractivity contribution in [2.75, 3.05) is 26.2 Å². The van der Waals surface area contributed by atoms with Crippen molar-refractivity contribution in [3.8, 4) is 11.1 Å². The van der Waals surface area contributed by atoms with Gasteiger partial charge in [-0.05, 0) is 75.6 Å². The minimum atomic E-state index is -1.33. The fraction of sp³-hybridized carbons (Fsp3) is 0.533. The van der Waals surface area contributed by atoms with Gasteiger partial charge in [-0.25, -0.2) is 4.79 Å². The Morgan fingerprint density at radius 1 is 1.18 bits per heavy atom. The van der Waals surface area contributed by atoms with Gasteiger partial charge in [0, 0.05) is 36.1 Å². The van der Waals surface area contributed by atoms with Crippen LogP contribution >= 0.6 is 11.6 Å². The summed E-state index contributed by atoms with van der Waals surface area (Å²) < 4.78 is 5.63. The Morgan fingerprint density at radius 2 is 1.92 bits per heavy atom. The number of carbonyl (C=O) groups is 2. The minimum Gasteiger partial charge on any atom is -0.444 e. The average Bonchev–Trinajstić information content (AvgIpc) is 2.89. The number of carbonyl (C=O) groups excluding carboxylic acids is 2. The maximum absolute atomic E-state index is 12.9. The van der Waals surface area contributed by atoms with Crippen LogP contribution in [0, 0.1) is 5.92 Å². The molecule has 38 heavy (non-hydrogen) atoms. The number of benzene rings is 2. The maximum atomic E-state index is 12.9. The number of amides is 2. The summed E-state index contributed by atoms with van der Waals surface area (Å²) in [6.45, 7) is 8.25. The molecule has 1 aliphatic rings. The van der Waals surface area contributed by atoms with E-state index in [0.717, 1.165) is 36.0 Å². The van der Waals surface area contributed by atoms with Crippen molar-refractivity contribution >= 4 is 23.6 Å². The van der Waals surface area contributed by atoms with Crippen molar-refractivity contribution in [2.45, 2.75) is 71.0 Å². The van der Waals surface area contributed by atoms with Crippen molar-refractivity contribution in [2.24, 2.45) is 5.92 Å². The van der Waals surface area contributed by atoms with Crippen molar-refractivity contribution in [1.29, 1.82) is 0 Å². The second kappa shape index (κ2) is 13.0. The Bertz CT molecular complexity index is 1120. The van der Waals surface area contributed by atoms with Crippen LogP contribution in [0.1, 0.15) is 64.5 Å². The zero-order valence-electron chi connectivity index (χ0n) is 22.9. The summed E-state index contributed by atoms with van der Waals surface area (Å²) in [6.07, 6.45) is 2.75. The molecule has 208 valence electrons. The summed E-state index contributed by atoms with van der Waals surface area (Å²) in [6, 6.07) is 13.7. The fourth-order valence-corrected chi connectivity index (χ4v) is 5.47. The molecule has 1 heterocycles. The summed E-state index contributed by atoms with van der Waals surface area (Å²) in [5.74, 6) is -0.731. The summed E-state index contributed by atoms with van der Waals surface area (Å²) in [4.78, 5) is 26.2. The number of hydrogen-bond acceptors (Lipinski definition) is 5. The summed E-state index contributed by atoms with van der Waals surface area (Å²) in [5.41, 5.74) is 1.64. The first kappa shape index (κ1) is 29.9. The van der Waals surface area contributed by atoms with Crippen LogP contribution in [0.5, 0.6) is 0 Å². The highest BCUT2D eigenvalue weighted by atomic mass is 35.5. The van der Waals surface area contributed by atoms with Crippen LogP contribution in [0.2, 0.25) is 5.02 Å². The zero-order valence-corrected chi connectivity index (χ0v) is 23.7. The molecular weight excluding hydrogens is 504 g/mol. The van der Waals surface area contributed by atoms with Crippen molar-refractivity contribution in [1.82, 2.24) is 10.2 Å². The van der Waals surface area contributed by atoms with Crippen LogP contribution < -0.4 is 5.32 Å². The Morgan fingerprint density at radius 3 is 2.61 bits per heavy atom. The van der Waals surface area contributed by atoms with Crippen molar-refractivity contribution < 1.29 is 24.5 Å². The summed E-state index contributed by atoms with van der Waals surface area (Å²) >= 11 is 6.80. The maximum Gasteiger partial charge on any atom is 0.410 e. The number of ether oxygens (including phenoxy) is 1. The van der Waals surface area contributed by atoms with E-state index in [-0.39, 0.29) is 12.0 Å². The number of hydrogen-bond donors (Lipinski definition) is 3. The number of aryl methyl sites for hydroxylation is 1. The van der Waals surface area contributed by atoms with Gasteiger partial charge in [0.25, 0.3) is 0 Å². The monoisotopic (exact) mass is 544 g/mol. The molecular formula is C30H41ClN2O5. The number of likely N-dealkylation sites (tertiary alicyclic amines) is 1. The molecule has 2 aromatic carbocycles. The molecule has 0 radical (unpaired) electrons. The highest BCUT2D eigenvalue weighted by molar-refractivity contribution is 6.33. The zero-order chi connectivity index (χ0) is 27.9. The van der Waals surface area contributed by atoms with Crippen molar-refractivity contribution in [3.63, 3.8) is 0 Å². The van der Waals surface area contributed by atoms with Crippen LogP contribution in [0.15, 0.2) is 42.5 Å². The predicted octanol–water partition coefficient (Wildman–Crippen LogP) is 5.29. The van der Waals surface area contributed by atoms with Gasteiger partial charge in [0.15, 0.2) is 0 Å². The molecule has 3 rings (SSSR count). The fourth-order valence-electron chi connectivity index (χ4n) is 5.18. The second-order valence-electron chi connectivity index (χ2n) is 11.0. The lowest BCUT2D eigenvalue weighted by Crippen LogP contribution is -2.49. The van der Waals surface area contributed by atoms with Gasteiger partial charge < -0.3 is 25.2 Å². The lowest BCUT2D eigenvalue weighted by atomic mass is 9.72. The van der Waals surface area contributed by atoms with E-state index in [1.165, 1.54) is 0 Å². The van der Waals surface area contributed by atoms with Gasteiger partial charge in [0.2, 0.25) is 5.91 Å². The molecule has 0 bridgehead atoms. The molecule has 8 heteroatoms. The van der Waals surface area contributed by atoms with Crippen LogP contribution in [0.25, 0.3) is 11.1 Å². The molecule has 2 atom stereocenters. The number of aliphatic hydroxyl groups is 2. The van der Waals surface area contributed by atoms with Crippen LogP contribution in [0.3, 0.4) is 0 Å². The largest absolute Gasteiger partial charge is 0.444 e. The van der Waals surface area contributed by atoms with E-state index < -0.39 is 23.7 Å². The standard InChI is InChI=1S/C30H41ClN2O5/c1-5-21-10-6-11-22(18-21)27-24(13-7-14-25(27)31)30(37,15-9-16-32-26(35)20-34)23-12-8-17-33(19-23)28(36)38-29(2,3)4/h6-7,10-11,13-14,18,23,34,37H,5,8-9,12,15-17,19-20H2,1-4H3,(H,32,35)/t23-,30?/m1/s1. The third-order valence-electron chi connectivity index (χ3n) is 7.05. The van der Waals surface area contributed by atoms with E-state index >= 15 is 0 Å². The Labute approximate surface area is 231 Å². The third kappa shape index (κ3) is 7.49. The number of rotatable bonds is 9. The number of nitrogens with zero attached hydrogens (tertiary/aromatic N) is 1. The van der Waals surface area contributed by atoms with Gasteiger partial charge >= 0.3 is 6.09 Å². The first-order chi connectivity index (χ1) is 18.0. The molecule has 0 aromatic heterocycles. The number of halogens is 1. The Balaban J connectivity index is 2.02. The molecule has 1 unspecified atom stereocenters. The van der Waals surface area contributed by atoms with Gasteiger partial charge in [-0.15, -0.1) is 0 Å². The topological polar surface area (TPSA) is 99.1 Å². The van der Waals surface area contributed by atoms with Gasteiger partial charge in [0.1, 0.15) is 12.2 Å². The van der Waals surface area contributed by atoms with E-state index in [4.69, 9.17) is 21.4 Å². The quantitative estimate of drug-likeness (QED) is 0.372. The molecule has 1 saturated heterocycles. The number of aliphatic hydroxyl groups excluding tert-OH is 1. The average molecular weight is 545 g/mol. The molecule has 0 saturated carbocycles. The molecule has 0 spiro atoms. The molecule has 2 aromatic rings. The molecule has 3 N–H and O–H groups in total. The van der Waals surface area contributed by atoms with E-state index in [2.05, 4.69) is 24.4 Å². The van der Waals surface area contributed by atoms with Crippen LogP contribution in [-0.4, -0.2) is 59.0 Å². The van der Waals surface area contributed by atoms with E-state index in [0.29, 0.717) is 43.1 Å². The summed E-state index contributed by atoms with van der Waals surface area (Å²) in [7, 11) is 0. The highest BCUT2D eigenvalue weighted by Gasteiger charge is 2.43. The lowest BCUT2D eigenvalue weighted by Gasteiger charge is -2.44. The molecule has 0 aliphatic carbocycles. The van der Waals surface area contributed by atoms with E-state index in [9.17, 15) is 14.7 Å². The normalized spacial score (nSPS) is 17.6. The van der Waals surface area contributed by atoms with Crippen LogP contribution in [-0.2, 0) is 21.6 Å². The Kier molecular flexibility index (Phi) is 10.2. The Hall–Kier alpha value is -2.61. The van der Waals surface area contributed by atoms with Gasteiger partial charge in [-0.2, -0.15) is 0 Å². The SMILES string of the molecule is CCc1cccc(-c2c(Cl)cccc2C(O)(CCCNC(=O)CO)[C@@H]2CCCN(C(=O)OC(C)(C)C)C2)c1. The third-order valence-corrected chi connectivity index (χ3v) is 7.37. The van der Waals surface area contributed by atoms with E-state index in [1.807, 2.05) is 51.1 Å². The molecule has 2 amide bonds. The van der Waals surface area contributed by atoms with Gasteiger partial charge in [-0.1, -0.05) is 54.9 Å². The predicted molar refractivity (Wildman–Crippen MR) is 150 cm³/mol. The van der Waals surface area contributed by atoms with Gasteiger partial charge in [0.05, 0.1) is 5.60 Å². The first-order valence-corrected chi connectivity index (χ1v) is 13.8. The van der Waals surface area contributed by atoms with Crippen LogP contribution in [0.4, 0.5) is 4.79 Å². The van der Waals surface area contributed by atoms with Gasteiger partial charge in [-0.3, -0.25) is 4.79 Å². The first-order valence-electron chi connectivity index (χ1n) is 13.4. The van der Waals surface area contributed by atoms with Crippen molar-refractivity contribution in [3.05, 3.63) is 58.6 Å². The lowest BCUT2D eigenvalue weighted by molar-refractivity contribution is -0.124. The minimum absolute atomic E-state index is 0.274. The second-order valence-corrected chi connectivity index (χ2v) is 11.4. The smallest absolute Gasteiger partial charge is 0.410 e. The number of piperidine rings is 1. The summed E-state index contributed by atoms with van der Waals surface area (Å²) in [5, 5.41) is 24.8. The highest BCUT2D eigenvalue weighted by Crippen LogP contribution is 2.45.